The molecule has 0 aromatic heterocycles. The van der Waals surface area contributed by atoms with E-state index in [9.17, 15) is 4.79 Å². The van der Waals surface area contributed by atoms with Gasteiger partial charge in [0.1, 0.15) is 12.4 Å². The Balaban J connectivity index is 1.51. The Kier molecular flexibility index (Phi) is 9.51. The first-order valence-corrected chi connectivity index (χ1v) is 12.1. The van der Waals surface area contributed by atoms with Crippen LogP contribution in [0.15, 0.2) is 53.6 Å². The highest BCUT2D eigenvalue weighted by Crippen LogP contribution is 2.29. The summed E-state index contributed by atoms with van der Waals surface area (Å²) in [5.74, 6) is 2.00. The molecule has 1 amide bonds. The van der Waals surface area contributed by atoms with E-state index in [-0.39, 0.29) is 5.91 Å². The maximum Gasteiger partial charge on any atom is 0.240 e. The van der Waals surface area contributed by atoms with Crippen molar-refractivity contribution in [3.05, 3.63) is 87.5 Å². The van der Waals surface area contributed by atoms with Gasteiger partial charge in [0.25, 0.3) is 0 Å². The Morgan fingerprint density at radius 2 is 1.64 bits per heavy atom. The molecule has 36 heavy (non-hydrogen) atoms. The lowest BCUT2D eigenvalue weighted by atomic mass is 10.0. The van der Waals surface area contributed by atoms with E-state index in [0.29, 0.717) is 24.5 Å². The molecule has 190 valence electrons. The number of carbonyl (C=O) groups excluding carboxylic acids is 1. The minimum atomic E-state index is -0.117. The van der Waals surface area contributed by atoms with Crippen LogP contribution in [0.5, 0.6) is 17.2 Å². The van der Waals surface area contributed by atoms with Crippen molar-refractivity contribution in [1.29, 1.82) is 0 Å². The lowest BCUT2D eigenvalue weighted by Crippen LogP contribution is -2.17. The average molecular weight is 489 g/mol. The third-order valence-corrected chi connectivity index (χ3v) is 6.20. The smallest absolute Gasteiger partial charge is 0.240 e. The molecule has 1 N–H and O–H groups in total. The van der Waals surface area contributed by atoms with Crippen molar-refractivity contribution < 1.29 is 19.0 Å². The van der Waals surface area contributed by atoms with E-state index in [1.807, 2.05) is 36.4 Å². The monoisotopic (exact) mass is 488 g/mol. The highest BCUT2D eigenvalue weighted by atomic mass is 16.5. The standard InChI is InChI=1S/C30H36N2O4/c1-20-14-22(3)27(23(4)15-20)19-36-28-13-10-24(17-29(28)35-6)18-31-32-30(33)9-7-8-25-11-12-26(34-5)16-21(25)2/h10-18H,7-9,19H2,1-6H3,(H,32,33)/b31-18-. The zero-order chi connectivity index (χ0) is 26.1. The molecular formula is C30H36N2O4. The molecule has 0 bridgehead atoms. The van der Waals surface area contributed by atoms with Crippen LogP contribution in [0.4, 0.5) is 0 Å². The lowest BCUT2D eigenvalue weighted by molar-refractivity contribution is -0.121. The average Bonchev–Trinajstić information content (AvgIpc) is 2.84. The molecule has 3 aromatic rings. The van der Waals surface area contributed by atoms with Gasteiger partial charge in [-0.15, -0.1) is 0 Å². The summed E-state index contributed by atoms with van der Waals surface area (Å²) in [5, 5.41) is 4.10. The summed E-state index contributed by atoms with van der Waals surface area (Å²) in [6.07, 6.45) is 3.57. The van der Waals surface area contributed by atoms with Crippen LogP contribution in [0.3, 0.4) is 0 Å². The Morgan fingerprint density at radius 3 is 2.31 bits per heavy atom. The third-order valence-electron chi connectivity index (χ3n) is 6.20. The fraction of sp³-hybridized carbons (Fsp3) is 0.333. The number of ether oxygens (including phenoxy) is 3. The van der Waals surface area contributed by atoms with Gasteiger partial charge in [0, 0.05) is 6.42 Å². The summed E-state index contributed by atoms with van der Waals surface area (Å²) in [7, 11) is 3.27. The SMILES string of the molecule is COc1ccc(CCCC(=O)N/N=C\c2ccc(OCc3c(C)cc(C)cc3C)c(OC)c2)c(C)c1. The van der Waals surface area contributed by atoms with Crippen LogP contribution < -0.4 is 19.6 Å². The fourth-order valence-corrected chi connectivity index (χ4v) is 4.22. The molecule has 0 unspecified atom stereocenters. The van der Waals surface area contributed by atoms with E-state index < -0.39 is 0 Å². The maximum atomic E-state index is 12.2. The number of amides is 1. The third kappa shape index (κ3) is 7.35. The zero-order valence-corrected chi connectivity index (χ0v) is 22.1. The molecule has 3 rings (SSSR count). The van der Waals surface area contributed by atoms with Gasteiger partial charge in [-0.05, 0) is 104 Å². The molecule has 0 saturated heterocycles. The van der Waals surface area contributed by atoms with Crippen molar-refractivity contribution in [2.45, 2.75) is 53.6 Å². The van der Waals surface area contributed by atoms with Gasteiger partial charge >= 0.3 is 0 Å². The number of rotatable bonds is 11. The Hall–Kier alpha value is -3.80. The van der Waals surface area contributed by atoms with Gasteiger partial charge in [-0.1, -0.05) is 23.8 Å². The van der Waals surface area contributed by atoms with Crippen LogP contribution in [0.2, 0.25) is 0 Å². The molecule has 0 heterocycles. The van der Waals surface area contributed by atoms with Gasteiger partial charge in [0.15, 0.2) is 11.5 Å². The number of aryl methyl sites for hydroxylation is 5. The number of hydrogen-bond donors (Lipinski definition) is 1. The Morgan fingerprint density at radius 1 is 0.889 bits per heavy atom. The second-order valence-corrected chi connectivity index (χ2v) is 9.02. The fourth-order valence-electron chi connectivity index (χ4n) is 4.22. The number of nitrogens with zero attached hydrogens (tertiary/aromatic N) is 1. The van der Waals surface area contributed by atoms with Gasteiger partial charge in [-0.25, -0.2) is 5.43 Å². The molecular weight excluding hydrogens is 452 g/mol. The minimum absolute atomic E-state index is 0.117. The number of carbonyl (C=O) groups is 1. The second kappa shape index (κ2) is 12.8. The molecule has 6 nitrogen and oxygen atoms in total. The molecule has 0 aliphatic carbocycles. The van der Waals surface area contributed by atoms with Crippen LogP contribution in [0, 0.1) is 27.7 Å². The van der Waals surface area contributed by atoms with Crippen molar-refractivity contribution in [2.24, 2.45) is 5.10 Å². The van der Waals surface area contributed by atoms with Crippen LogP contribution in [-0.4, -0.2) is 26.3 Å². The van der Waals surface area contributed by atoms with Crippen molar-refractivity contribution >= 4 is 12.1 Å². The Bertz CT molecular complexity index is 1210. The van der Waals surface area contributed by atoms with E-state index >= 15 is 0 Å². The van der Waals surface area contributed by atoms with Crippen LogP contribution in [-0.2, 0) is 17.8 Å². The van der Waals surface area contributed by atoms with E-state index in [0.717, 1.165) is 24.2 Å². The summed E-state index contributed by atoms with van der Waals surface area (Å²) in [6.45, 7) is 8.82. The number of hydrogen-bond acceptors (Lipinski definition) is 5. The summed E-state index contributed by atoms with van der Waals surface area (Å²) < 4.78 is 16.8. The molecule has 6 heteroatoms. The number of methoxy groups -OCH3 is 2. The number of benzene rings is 3. The maximum absolute atomic E-state index is 12.2. The first kappa shape index (κ1) is 26.8. The summed E-state index contributed by atoms with van der Waals surface area (Å²) in [4.78, 5) is 12.2. The predicted octanol–water partition coefficient (Wildman–Crippen LogP) is 5.99. The summed E-state index contributed by atoms with van der Waals surface area (Å²) in [5.41, 5.74) is 10.6. The molecule has 0 aliphatic rings. The molecule has 0 aliphatic heterocycles. The highest BCUT2D eigenvalue weighted by Gasteiger charge is 2.09. The molecule has 3 aromatic carbocycles. The van der Waals surface area contributed by atoms with E-state index in [1.165, 1.54) is 33.4 Å². The van der Waals surface area contributed by atoms with E-state index in [4.69, 9.17) is 14.2 Å². The molecule has 0 saturated carbocycles. The lowest BCUT2D eigenvalue weighted by Gasteiger charge is -2.15. The topological polar surface area (TPSA) is 69.2 Å². The van der Waals surface area contributed by atoms with Crippen molar-refractivity contribution in [1.82, 2.24) is 5.43 Å². The van der Waals surface area contributed by atoms with Gasteiger partial charge in [0.05, 0.1) is 20.4 Å². The van der Waals surface area contributed by atoms with Crippen LogP contribution in [0.25, 0.3) is 0 Å². The number of hydrazone groups is 1. The zero-order valence-electron chi connectivity index (χ0n) is 22.1. The summed E-state index contributed by atoms with van der Waals surface area (Å²) >= 11 is 0. The van der Waals surface area contributed by atoms with Crippen LogP contribution in [0.1, 0.15) is 51.8 Å². The molecule has 0 spiro atoms. The molecule has 0 fully saturated rings. The Labute approximate surface area is 214 Å². The molecule has 0 radical (unpaired) electrons. The van der Waals surface area contributed by atoms with E-state index in [1.54, 1.807) is 20.4 Å². The minimum Gasteiger partial charge on any atom is -0.497 e. The molecule has 0 atom stereocenters. The van der Waals surface area contributed by atoms with Gasteiger partial charge in [0.2, 0.25) is 5.91 Å². The predicted molar refractivity (Wildman–Crippen MR) is 144 cm³/mol. The van der Waals surface area contributed by atoms with Crippen molar-refractivity contribution in [2.75, 3.05) is 14.2 Å². The first-order chi connectivity index (χ1) is 17.3. The largest absolute Gasteiger partial charge is 0.497 e. The second-order valence-electron chi connectivity index (χ2n) is 9.02. The normalized spacial score (nSPS) is 10.9. The van der Waals surface area contributed by atoms with E-state index in [2.05, 4.69) is 50.4 Å². The first-order valence-electron chi connectivity index (χ1n) is 12.1. The summed E-state index contributed by atoms with van der Waals surface area (Å²) in [6, 6.07) is 15.9. The van der Waals surface area contributed by atoms with Crippen LogP contribution >= 0.6 is 0 Å². The van der Waals surface area contributed by atoms with Crippen molar-refractivity contribution in [3.8, 4) is 17.2 Å². The highest BCUT2D eigenvalue weighted by molar-refractivity contribution is 5.83. The van der Waals surface area contributed by atoms with Gasteiger partial charge < -0.3 is 14.2 Å². The van der Waals surface area contributed by atoms with Gasteiger partial charge in [-0.2, -0.15) is 5.10 Å². The number of nitrogens with one attached hydrogen (secondary N) is 1. The quantitative estimate of drug-likeness (QED) is 0.266. The van der Waals surface area contributed by atoms with Crippen molar-refractivity contribution in [3.63, 3.8) is 0 Å². The van der Waals surface area contributed by atoms with Gasteiger partial charge in [-0.3, -0.25) is 4.79 Å².